The van der Waals surface area contributed by atoms with Gasteiger partial charge in [0.05, 0.1) is 11.5 Å². The van der Waals surface area contributed by atoms with Gasteiger partial charge in [-0.1, -0.05) is 6.08 Å². The normalized spacial score (nSPS) is 27.0. The summed E-state index contributed by atoms with van der Waals surface area (Å²) >= 11 is 0. The van der Waals surface area contributed by atoms with E-state index in [1.165, 1.54) is 0 Å². The molecule has 2 heterocycles. The molecule has 21 heavy (non-hydrogen) atoms. The first kappa shape index (κ1) is 18.5. The Morgan fingerprint density at radius 2 is 2.14 bits per heavy atom. The van der Waals surface area contributed by atoms with Crippen molar-refractivity contribution in [3.63, 3.8) is 0 Å². The van der Waals surface area contributed by atoms with Crippen LogP contribution in [0.15, 0.2) is 12.7 Å². The summed E-state index contributed by atoms with van der Waals surface area (Å²) in [5.41, 5.74) is 0. The number of carbonyl (C=O) groups excluding carboxylic acids is 1. The van der Waals surface area contributed by atoms with E-state index in [0.29, 0.717) is 25.3 Å². The van der Waals surface area contributed by atoms with Crippen molar-refractivity contribution in [2.24, 2.45) is 5.92 Å². The van der Waals surface area contributed by atoms with Gasteiger partial charge in [0.15, 0.2) is 9.84 Å². The van der Waals surface area contributed by atoms with Gasteiger partial charge in [0, 0.05) is 19.0 Å². The maximum atomic E-state index is 12.4. The standard InChI is InChI=1S/C14H24N2O3S.ClH/c1-2-8-16(13-6-9-20(18,19)11-13)14(17)4-3-12-5-7-15-10-12;/h2,12-13,15H,1,3-11H2;1H. The van der Waals surface area contributed by atoms with E-state index in [9.17, 15) is 13.2 Å². The number of hydrogen-bond acceptors (Lipinski definition) is 4. The lowest BCUT2D eigenvalue weighted by atomic mass is 10.0. The minimum Gasteiger partial charge on any atom is -0.335 e. The Labute approximate surface area is 133 Å². The van der Waals surface area contributed by atoms with Gasteiger partial charge < -0.3 is 10.2 Å². The fourth-order valence-corrected chi connectivity index (χ4v) is 4.78. The molecular weight excluding hydrogens is 312 g/mol. The summed E-state index contributed by atoms with van der Waals surface area (Å²) in [5.74, 6) is 0.957. The minimum absolute atomic E-state index is 0. The van der Waals surface area contributed by atoms with Crippen LogP contribution in [0, 0.1) is 5.92 Å². The molecule has 2 saturated heterocycles. The molecule has 2 atom stereocenters. The molecule has 2 aliphatic heterocycles. The van der Waals surface area contributed by atoms with E-state index < -0.39 is 9.84 Å². The highest BCUT2D eigenvalue weighted by Crippen LogP contribution is 2.21. The third kappa shape index (κ3) is 5.27. The van der Waals surface area contributed by atoms with Crippen molar-refractivity contribution in [3.8, 4) is 0 Å². The number of rotatable bonds is 6. The van der Waals surface area contributed by atoms with Crippen LogP contribution in [0.3, 0.4) is 0 Å². The Hall–Kier alpha value is -0.590. The molecule has 122 valence electrons. The van der Waals surface area contributed by atoms with E-state index in [-0.39, 0.29) is 35.9 Å². The van der Waals surface area contributed by atoms with Crippen LogP contribution in [-0.4, -0.2) is 56.4 Å². The third-order valence-corrected chi connectivity index (χ3v) is 5.97. The monoisotopic (exact) mass is 336 g/mol. The zero-order valence-electron chi connectivity index (χ0n) is 12.3. The molecule has 1 N–H and O–H groups in total. The van der Waals surface area contributed by atoms with E-state index >= 15 is 0 Å². The Morgan fingerprint density at radius 3 is 2.67 bits per heavy atom. The molecule has 0 bridgehead atoms. The molecule has 1 amide bonds. The van der Waals surface area contributed by atoms with E-state index in [2.05, 4.69) is 11.9 Å². The molecule has 5 nitrogen and oxygen atoms in total. The zero-order chi connectivity index (χ0) is 14.6. The molecule has 0 aliphatic carbocycles. The Bertz CT molecular complexity index is 461. The van der Waals surface area contributed by atoms with Crippen LogP contribution in [0.2, 0.25) is 0 Å². The minimum atomic E-state index is -2.96. The molecule has 0 radical (unpaired) electrons. The summed E-state index contributed by atoms with van der Waals surface area (Å²) in [6.07, 6.45) is 4.77. The van der Waals surface area contributed by atoms with Crippen molar-refractivity contribution >= 4 is 28.2 Å². The van der Waals surface area contributed by atoms with Gasteiger partial charge in [0.2, 0.25) is 5.91 Å². The fourth-order valence-electron chi connectivity index (χ4n) is 3.05. The average Bonchev–Trinajstić information content (AvgIpc) is 3.02. The zero-order valence-corrected chi connectivity index (χ0v) is 13.9. The van der Waals surface area contributed by atoms with Crippen molar-refractivity contribution < 1.29 is 13.2 Å². The Morgan fingerprint density at radius 1 is 1.38 bits per heavy atom. The van der Waals surface area contributed by atoms with Gasteiger partial charge in [-0.3, -0.25) is 4.79 Å². The van der Waals surface area contributed by atoms with E-state index in [1.807, 2.05) is 0 Å². The lowest BCUT2D eigenvalue weighted by molar-refractivity contribution is -0.132. The first-order valence-electron chi connectivity index (χ1n) is 7.33. The molecule has 2 unspecified atom stereocenters. The molecule has 2 fully saturated rings. The second-order valence-electron chi connectivity index (χ2n) is 5.79. The highest BCUT2D eigenvalue weighted by atomic mass is 35.5. The quantitative estimate of drug-likeness (QED) is 0.735. The van der Waals surface area contributed by atoms with Crippen LogP contribution >= 0.6 is 12.4 Å². The van der Waals surface area contributed by atoms with E-state index in [0.717, 1.165) is 25.9 Å². The number of amides is 1. The van der Waals surface area contributed by atoms with Gasteiger partial charge in [0.25, 0.3) is 0 Å². The van der Waals surface area contributed by atoms with E-state index in [4.69, 9.17) is 0 Å². The van der Waals surface area contributed by atoms with Gasteiger partial charge in [0.1, 0.15) is 0 Å². The number of nitrogens with zero attached hydrogens (tertiary/aromatic N) is 1. The van der Waals surface area contributed by atoms with Crippen molar-refractivity contribution in [2.75, 3.05) is 31.1 Å². The second-order valence-corrected chi connectivity index (χ2v) is 8.02. The largest absolute Gasteiger partial charge is 0.335 e. The first-order chi connectivity index (χ1) is 9.52. The topological polar surface area (TPSA) is 66.5 Å². The third-order valence-electron chi connectivity index (χ3n) is 4.22. The Kier molecular flexibility index (Phi) is 7.16. The molecule has 2 aliphatic rings. The fraction of sp³-hybridized carbons (Fsp3) is 0.786. The maximum Gasteiger partial charge on any atom is 0.223 e. The summed E-state index contributed by atoms with van der Waals surface area (Å²) in [7, 11) is -2.96. The van der Waals surface area contributed by atoms with Gasteiger partial charge in [-0.2, -0.15) is 0 Å². The molecule has 0 aromatic carbocycles. The smallest absolute Gasteiger partial charge is 0.223 e. The van der Waals surface area contributed by atoms with Crippen LogP contribution in [0.25, 0.3) is 0 Å². The summed E-state index contributed by atoms with van der Waals surface area (Å²) in [6.45, 7) is 6.15. The molecule has 0 saturated carbocycles. The lowest BCUT2D eigenvalue weighted by Crippen LogP contribution is -2.41. The highest BCUT2D eigenvalue weighted by molar-refractivity contribution is 7.91. The maximum absolute atomic E-state index is 12.4. The number of hydrogen-bond donors (Lipinski definition) is 1. The number of halogens is 1. The van der Waals surface area contributed by atoms with Crippen molar-refractivity contribution in [1.29, 1.82) is 0 Å². The van der Waals surface area contributed by atoms with Crippen LogP contribution < -0.4 is 5.32 Å². The Balaban J connectivity index is 0.00000220. The van der Waals surface area contributed by atoms with E-state index in [1.54, 1.807) is 11.0 Å². The molecule has 0 spiro atoms. The molecule has 7 heteroatoms. The van der Waals surface area contributed by atoms with Crippen molar-refractivity contribution in [1.82, 2.24) is 10.2 Å². The van der Waals surface area contributed by atoms with Crippen molar-refractivity contribution in [3.05, 3.63) is 12.7 Å². The lowest BCUT2D eigenvalue weighted by Gasteiger charge is -2.27. The summed E-state index contributed by atoms with van der Waals surface area (Å²) in [6, 6.07) is -0.160. The van der Waals surface area contributed by atoms with Crippen LogP contribution in [-0.2, 0) is 14.6 Å². The van der Waals surface area contributed by atoms with Crippen molar-refractivity contribution in [2.45, 2.75) is 31.7 Å². The van der Waals surface area contributed by atoms with Gasteiger partial charge in [-0.25, -0.2) is 8.42 Å². The summed E-state index contributed by atoms with van der Waals surface area (Å²) in [5, 5.41) is 3.30. The van der Waals surface area contributed by atoms with Crippen LogP contribution in [0.1, 0.15) is 25.7 Å². The summed E-state index contributed by atoms with van der Waals surface area (Å²) < 4.78 is 23.1. The number of nitrogens with one attached hydrogen (secondary N) is 1. The van der Waals surface area contributed by atoms with Gasteiger partial charge in [-0.05, 0) is 38.3 Å². The number of carbonyl (C=O) groups is 1. The first-order valence-corrected chi connectivity index (χ1v) is 9.15. The average molecular weight is 337 g/mol. The van der Waals surface area contributed by atoms with Gasteiger partial charge >= 0.3 is 0 Å². The number of sulfone groups is 1. The van der Waals surface area contributed by atoms with Crippen LogP contribution in [0.4, 0.5) is 0 Å². The summed E-state index contributed by atoms with van der Waals surface area (Å²) in [4.78, 5) is 14.1. The molecular formula is C14H25ClN2O3S. The SMILES string of the molecule is C=CCN(C(=O)CCC1CCNC1)C1CCS(=O)(=O)C1.Cl. The second kappa shape index (κ2) is 8.15. The predicted molar refractivity (Wildman–Crippen MR) is 86.4 cm³/mol. The molecule has 2 rings (SSSR count). The van der Waals surface area contributed by atoms with Crippen LogP contribution in [0.5, 0.6) is 0 Å². The molecule has 0 aromatic heterocycles. The predicted octanol–water partition coefficient (Wildman–Crippen LogP) is 1.000. The highest BCUT2D eigenvalue weighted by Gasteiger charge is 2.34. The molecule has 0 aromatic rings. The van der Waals surface area contributed by atoms with Gasteiger partial charge in [-0.15, -0.1) is 19.0 Å².